The fraction of sp³-hybridized carbons (Fsp3) is 0.769. The van der Waals surface area contributed by atoms with Crippen molar-refractivity contribution in [2.45, 2.75) is 51.0 Å². The van der Waals surface area contributed by atoms with E-state index in [4.69, 9.17) is 0 Å². The summed E-state index contributed by atoms with van der Waals surface area (Å²) in [5.74, 6) is 0. The number of aliphatic hydroxyl groups excluding tert-OH is 1. The Morgan fingerprint density at radius 1 is 1.38 bits per heavy atom. The SMILES string of the molecule is OCC1(Cc2ccn(C3CCCC3)n2)CC1. The number of hydrogen-bond acceptors (Lipinski definition) is 2. The van der Waals surface area contributed by atoms with Gasteiger partial charge in [-0.25, -0.2) is 0 Å². The molecule has 2 fully saturated rings. The first kappa shape index (κ1) is 10.3. The summed E-state index contributed by atoms with van der Waals surface area (Å²) in [4.78, 5) is 0. The van der Waals surface area contributed by atoms with Crippen molar-refractivity contribution in [3.05, 3.63) is 18.0 Å². The molecule has 0 aromatic carbocycles. The number of hydrogen-bond donors (Lipinski definition) is 1. The van der Waals surface area contributed by atoms with E-state index in [-0.39, 0.29) is 5.41 Å². The molecule has 0 unspecified atom stereocenters. The second kappa shape index (κ2) is 3.88. The average Bonchev–Trinajstić information content (AvgIpc) is 2.72. The van der Waals surface area contributed by atoms with Crippen molar-refractivity contribution in [3.63, 3.8) is 0 Å². The first-order valence-electron chi connectivity index (χ1n) is 6.46. The minimum atomic E-state index is 0.189. The molecule has 0 atom stereocenters. The van der Waals surface area contributed by atoms with Crippen LogP contribution in [0.2, 0.25) is 0 Å². The summed E-state index contributed by atoms with van der Waals surface area (Å²) in [5.41, 5.74) is 1.35. The van der Waals surface area contributed by atoms with E-state index < -0.39 is 0 Å². The predicted octanol–water partition coefficient (Wildman–Crippen LogP) is 2.31. The predicted molar refractivity (Wildman–Crippen MR) is 62.2 cm³/mol. The van der Waals surface area contributed by atoms with Crippen LogP contribution in [-0.2, 0) is 6.42 Å². The van der Waals surface area contributed by atoms with Gasteiger partial charge in [0.2, 0.25) is 0 Å². The quantitative estimate of drug-likeness (QED) is 0.845. The maximum atomic E-state index is 9.30. The molecule has 0 radical (unpaired) electrons. The largest absolute Gasteiger partial charge is 0.396 e. The molecule has 1 aromatic rings. The highest BCUT2D eigenvalue weighted by Crippen LogP contribution is 2.47. The smallest absolute Gasteiger partial charge is 0.0631 e. The van der Waals surface area contributed by atoms with Crippen molar-refractivity contribution in [3.8, 4) is 0 Å². The lowest BCUT2D eigenvalue weighted by Gasteiger charge is -2.10. The van der Waals surface area contributed by atoms with Crippen LogP contribution < -0.4 is 0 Å². The fourth-order valence-corrected chi connectivity index (χ4v) is 2.80. The molecule has 3 nitrogen and oxygen atoms in total. The molecule has 3 rings (SSSR count). The zero-order valence-electron chi connectivity index (χ0n) is 9.73. The summed E-state index contributed by atoms with van der Waals surface area (Å²) >= 11 is 0. The third-order valence-electron chi connectivity index (χ3n) is 4.21. The zero-order valence-corrected chi connectivity index (χ0v) is 9.73. The lowest BCUT2D eigenvalue weighted by molar-refractivity contribution is 0.210. The number of aromatic nitrogens is 2. The van der Waals surface area contributed by atoms with E-state index >= 15 is 0 Å². The molecule has 0 aliphatic heterocycles. The Bertz CT molecular complexity index is 362. The summed E-state index contributed by atoms with van der Waals surface area (Å²) in [6.07, 6.45) is 10.7. The van der Waals surface area contributed by atoms with E-state index in [0.717, 1.165) is 6.42 Å². The van der Waals surface area contributed by atoms with Crippen molar-refractivity contribution in [1.29, 1.82) is 0 Å². The van der Waals surface area contributed by atoms with Gasteiger partial charge in [0.05, 0.1) is 11.7 Å². The topological polar surface area (TPSA) is 38.0 Å². The molecular formula is C13H20N2O. The molecule has 2 saturated carbocycles. The van der Waals surface area contributed by atoms with Crippen molar-refractivity contribution in [2.24, 2.45) is 5.41 Å². The Hall–Kier alpha value is -0.830. The van der Waals surface area contributed by atoms with Crippen LogP contribution >= 0.6 is 0 Å². The Morgan fingerprint density at radius 3 is 2.75 bits per heavy atom. The van der Waals surface area contributed by atoms with Gasteiger partial charge in [0.1, 0.15) is 0 Å². The van der Waals surface area contributed by atoms with Crippen LogP contribution in [0.1, 0.15) is 50.3 Å². The first-order valence-corrected chi connectivity index (χ1v) is 6.46. The molecule has 1 heterocycles. The molecule has 2 aliphatic carbocycles. The van der Waals surface area contributed by atoms with Gasteiger partial charge in [-0.3, -0.25) is 4.68 Å². The molecule has 0 amide bonds. The molecule has 0 bridgehead atoms. The highest BCUT2D eigenvalue weighted by Gasteiger charge is 2.42. The maximum absolute atomic E-state index is 9.30. The first-order chi connectivity index (χ1) is 7.81. The number of nitrogens with zero attached hydrogens (tertiary/aromatic N) is 2. The molecule has 88 valence electrons. The fourth-order valence-electron chi connectivity index (χ4n) is 2.80. The lowest BCUT2D eigenvalue weighted by Crippen LogP contribution is -2.12. The maximum Gasteiger partial charge on any atom is 0.0631 e. The van der Waals surface area contributed by atoms with Crippen LogP contribution in [0.25, 0.3) is 0 Å². The van der Waals surface area contributed by atoms with Gasteiger partial charge in [0.15, 0.2) is 0 Å². The van der Waals surface area contributed by atoms with E-state index in [0.29, 0.717) is 12.6 Å². The molecule has 16 heavy (non-hydrogen) atoms. The number of rotatable bonds is 4. The third-order valence-corrected chi connectivity index (χ3v) is 4.21. The summed E-state index contributed by atoms with van der Waals surface area (Å²) in [6, 6.07) is 2.77. The van der Waals surface area contributed by atoms with Crippen LogP contribution in [0.15, 0.2) is 12.3 Å². The molecule has 1 aromatic heterocycles. The highest BCUT2D eigenvalue weighted by atomic mass is 16.3. The molecule has 2 aliphatic rings. The van der Waals surface area contributed by atoms with Crippen LogP contribution in [0, 0.1) is 5.41 Å². The molecule has 0 saturated heterocycles. The van der Waals surface area contributed by atoms with E-state index in [9.17, 15) is 5.11 Å². The number of aliphatic hydroxyl groups is 1. The monoisotopic (exact) mass is 220 g/mol. The third kappa shape index (κ3) is 1.88. The Kier molecular flexibility index (Phi) is 2.51. The zero-order chi connectivity index (χ0) is 11.0. The second-order valence-corrected chi connectivity index (χ2v) is 5.56. The minimum absolute atomic E-state index is 0.189. The summed E-state index contributed by atoms with van der Waals surface area (Å²) < 4.78 is 2.15. The van der Waals surface area contributed by atoms with Gasteiger partial charge in [0, 0.05) is 12.8 Å². The summed E-state index contributed by atoms with van der Waals surface area (Å²) in [7, 11) is 0. The van der Waals surface area contributed by atoms with E-state index in [2.05, 4.69) is 22.0 Å². The highest BCUT2D eigenvalue weighted by molar-refractivity contribution is 5.08. The molecular weight excluding hydrogens is 200 g/mol. The van der Waals surface area contributed by atoms with Gasteiger partial charge >= 0.3 is 0 Å². The Balaban J connectivity index is 1.68. The van der Waals surface area contributed by atoms with Gasteiger partial charge in [0.25, 0.3) is 0 Å². The van der Waals surface area contributed by atoms with Gasteiger partial charge in [-0.15, -0.1) is 0 Å². The normalized spacial score (nSPS) is 23.8. The Morgan fingerprint density at radius 2 is 2.12 bits per heavy atom. The van der Waals surface area contributed by atoms with Crippen molar-refractivity contribution in [2.75, 3.05) is 6.61 Å². The van der Waals surface area contributed by atoms with Crippen LogP contribution in [0.4, 0.5) is 0 Å². The van der Waals surface area contributed by atoms with E-state index in [1.807, 2.05) is 0 Å². The van der Waals surface area contributed by atoms with Crippen LogP contribution in [0.5, 0.6) is 0 Å². The standard InChI is InChI=1S/C13H20N2O/c16-10-13(6-7-13)9-11-5-8-15(14-11)12-3-1-2-4-12/h5,8,12,16H,1-4,6-7,9-10H2. The second-order valence-electron chi connectivity index (χ2n) is 5.56. The van der Waals surface area contributed by atoms with Crippen molar-refractivity contribution in [1.82, 2.24) is 9.78 Å². The van der Waals surface area contributed by atoms with Gasteiger partial charge in [-0.1, -0.05) is 12.8 Å². The minimum Gasteiger partial charge on any atom is -0.396 e. The van der Waals surface area contributed by atoms with E-state index in [1.54, 1.807) is 0 Å². The average molecular weight is 220 g/mol. The summed E-state index contributed by atoms with van der Waals surface area (Å²) in [5, 5.41) is 14.0. The molecule has 1 N–H and O–H groups in total. The van der Waals surface area contributed by atoms with Crippen molar-refractivity contribution < 1.29 is 5.11 Å². The van der Waals surface area contributed by atoms with Gasteiger partial charge in [-0.2, -0.15) is 5.10 Å². The van der Waals surface area contributed by atoms with Crippen molar-refractivity contribution >= 4 is 0 Å². The Labute approximate surface area is 96.5 Å². The van der Waals surface area contributed by atoms with Crippen LogP contribution in [0.3, 0.4) is 0 Å². The summed E-state index contributed by atoms with van der Waals surface area (Å²) in [6.45, 7) is 0.323. The lowest BCUT2D eigenvalue weighted by atomic mass is 10.0. The van der Waals surface area contributed by atoms with Gasteiger partial charge in [-0.05, 0) is 43.6 Å². The van der Waals surface area contributed by atoms with E-state index in [1.165, 1.54) is 44.2 Å². The molecule has 3 heteroatoms. The van der Waals surface area contributed by atoms with Gasteiger partial charge < -0.3 is 5.11 Å². The van der Waals surface area contributed by atoms with Crippen LogP contribution in [-0.4, -0.2) is 21.5 Å². The molecule has 0 spiro atoms.